The van der Waals surface area contributed by atoms with Gasteiger partial charge in [-0.05, 0) is 48.4 Å². The smallest absolute Gasteiger partial charge is 0.263 e. The van der Waals surface area contributed by atoms with Crippen LogP contribution < -0.4 is 14.2 Å². The maximum Gasteiger partial charge on any atom is 0.263 e. The third-order valence-electron chi connectivity index (χ3n) is 4.41. The summed E-state index contributed by atoms with van der Waals surface area (Å²) in [5.74, 6) is 0.772. The van der Waals surface area contributed by atoms with Crippen LogP contribution in [0.2, 0.25) is 5.02 Å². The second-order valence-electron chi connectivity index (χ2n) is 6.76. The fourth-order valence-electron chi connectivity index (χ4n) is 2.81. The van der Waals surface area contributed by atoms with Crippen molar-refractivity contribution in [2.24, 2.45) is 0 Å². The predicted molar refractivity (Wildman–Crippen MR) is 123 cm³/mol. The van der Waals surface area contributed by atoms with Gasteiger partial charge in [0.25, 0.3) is 10.0 Å². The van der Waals surface area contributed by atoms with Crippen LogP contribution in [0.1, 0.15) is 19.8 Å². The zero-order chi connectivity index (χ0) is 23.0. The first-order valence-corrected chi connectivity index (χ1v) is 11.9. The van der Waals surface area contributed by atoms with Gasteiger partial charge in [-0.25, -0.2) is 18.4 Å². The van der Waals surface area contributed by atoms with E-state index in [9.17, 15) is 8.42 Å². The molecule has 0 fully saturated rings. The van der Waals surface area contributed by atoms with E-state index in [0.717, 1.165) is 12.8 Å². The number of nitrogens with zero attached hydrogens (tertiary/aromatic N) is 2. The monoisotopic (exact) mass is 477 g/mol. The van der Waals surface area contributed by atoms with Gasteiger partial charge in [0, 0.05) is 5.02 Å². The standard InChI is InChI=1S/C22H24ClN3O5S/c1-2-3-13-30-18-8-10-19(11-9-18)32(28,29)26-21-20(16-4-6-17(23)7-5-16)22(25-15-24-21)31-14-12-27/h4-11,15,27H,2-3,12-14H2,1H3,(H,24,25,26). The Kier molecular flexibility index (Phi) is 8.26. The van der Waals surface area contributed by atoms with Gasteiger partial charge < -0.3 is 14.6 Å². The largest absolute Gasteiger partial charge is 0.494 e. The van der Waals surface area contributed by atoms with Crippen LogP contribution in [0, 0.1) is 0 Å². The summed E-state index contributed by atoms with van der Waals surface area (Å²) in [4.78, 5) is 8.27. The van der Waals surface area contributed by atoms with Crippen LogP contribution >= 0.6 is 11.6 Å². The number of ether oxygens (including phenoxy) is 2. The van der Waals surface area contributed by atoms with Gasteiger partial charge in [-0.2, -0.15) is 0 Å². The van der Waals surface area contributed by atoms with Crippen molar-refractivity contribution in [2.75, 3.05) is 24.5 Å². The number of anilines is 1. The van der Waals surface area contributed by atoms with E-state index in [-0.39, 0.29) is 29.8 Å². The van der Waals surface area contributed by atoms with Crippen LogP contribution in [-0.2, 0) is 10.0 Å². The van der Waals surface area contributed by atoms with Crippen LogP contribution in [0.4, 0.5) is 5.82 Å². The van der Waals surface area contributed by atoms with Crippen LogP contribution in [0.5, 0.6) is 11.6 Å². The number of hydrogen-bond acceptors (Lipinski definition) is 7. The molecule has 0 saturated carbocycles. The van der Waals surface area contributed by atoms with E-state index < -0.39 is 10.0 Å². The summed E-state index contributed by atoms with van der Waals surface area (Å²) in [6, 6.07) is 12.9. The number of benzene rings is 2. The highest BCUT2D eigenvalue weighted by Crippen LogP contribution is 2.35. The molecule has 0 atom stereocenters. The summed E-state index contributed by atoms with van der Waals surface area (Å²) in [6.07, 6.45) is 3.12. The second kappa shape index (κ2) is 11.1. The number of aromatic nitrogens is 2. The molecule has 8 nitrogen and oxygen atoms in total. The van der Waals surface area contributed by atoms with Crippen LogP contribution in [0.3, 0.4) is 0 Å². The van der Waals surface area contributed by atoms with E-state index in [4.69, 9.17) is 26.2 Å². The molecule has 0 unspecified atom stereocenters. The molecular formula is C22H24ClN3O5S. The highest BCUT2D eigenvalue weighted by Gasteiger charge is 2.21. The maximum atomic E-state index is 13.0. The normalized spacial score (nSPS) is 11.2. The minimum atomic E-state index is -3.96. The average molecular weight is 478 g/mol. The molecule has 170 valence electrons. The number of nitrogens with one attached hydrogen (secondary N) is 1. The molecule has 3 rings (SSSR count). The molecule has 0 aliphatic carbocycles. The molecular weight excluding hydrogens is 454 g/mol. The zero-order valence-corrected chi connectivity index (χ0v) is 19.1. The van der Waals surface area contributed by atoms with Crippen LogP contribution in [0.15, 0.2) is 59.8 Å². The maximum absolute atomic E-state index is 13.0. The first-order valence-electron chi connectivity index (χ1n) is 10.0. The Morgan fingerprint density at radius 1 is 1.00 bits per heavy atom. The Hall–Kier alpha value is -2.88. The van der Waals surface area contributed by atoms with Crippen molar-refractivity contribution in [3.8, 4) is 22.8 Å². The summed E-state index contributed by atoms with van der Waals surface area (Å²) in [7, 11) is -3.96. The summed E-state index contributed by atoms with van der Waals surface area (Å²) in [5.41, 5.74) is 0.932. The molecule has 0 aliphatic heterocycles. The van der Waals surface area contributed by atoms with Gasteiger partial charge in [-0.15, -0.1) is 0 Å². The Bertz CT molecular complexity index is 1120. The van der Waals surface area contributed by atoms with Gasteiger partial charge in [0.15, 0.2) is 5.82 Å². The van der Waals surface area contributed by atoms with Crippen molar-refractivity contribution in [3.63, 3.8) is 0 Å². The van der Waals surface area contributed by atoms with E-state index in [1.807, 2.05) is 0 Å². The number of unbranched alkanes of at least 4 members (excludes halogenated alkanes) is 1. The van der Waals surface area contributed by atoms with Gasteiger partial charge in [0.05, 0.1) is 23.7 Å². The molecule has 10 heteroatoms. The van der Waals surface area contributed by atoms with Crippen molar-refractivity contribution < 1.29 is 23.0 Å². The third-order valence-corrected chi connectivity index (χ3v) is 6.01. The number of aliphatic hydroxyl groups is 1. The van der Waals surface area contributed by atoms with Crippen molar-refractivity contribution in [1.82, 2.24) is 9.97 Å². The number of sulfonamides is 1. The van der Waals surface area contributed by atoms with Crippen LogP contribution in [-0.4, -0.2) is 43.3 Å². The highest BCUT2D eigenvalue weighted by molar-refractivity contribution is 7.92. The number of hydrogen-bond donors (Lipinski definition) is 2. The predicted octanol–water partition coefficient (Wildman–Crippen LogP) is 4.15. The second-order valence-corrected chi connectivity index (χ2v) is 8.88. The van der Waals surface area contributed by atoms with Crippen LogP contribution in [0.25, 0.3) is 11.1 Å². The van der Waals surface area contributed by atoms with E-state index in [0.29, 0.717) is 28.5 Å². The topological polar surface area (TPSA) is 111 Å². The quantitative estimate of drug-likeness (QED) is 0.399. The number of aliphatic hydroxyl groups excluding tert-OH is 1. The molecule has 2 N–H and O–H groups in total. The lowest BCUT2D eigenvalue weighted by Gasteiger charge is -2.15. The summed E-state index contributed by atoms with van der Waals surface area (Å²) >= 11 is 5.98. The van der Waals surface area contributed by atoms with Gasteiger partial charge in [0.2, 0.25) is 5.88 Å². The first kappa shape index (κ1) is 23.8. The SMILES string of the molecule is CCCCOc1ccc(S(=O)(=O)Nc2ncnc(OCCO)c2-c2ccc(Cl)cc2)cc1. The van der Waals surface area contributed by atoms with E-state index >= 15 is 0 Å². The van der Waals surface area contributed by atoms with E-state index in [1.165, 1.54) is 18.5 Å². The molecule has 2 aromatic carbocycles. The Balaban J connectivity index is 1.92. The van der Waals surface area contributed by atoms with Crippen molar-refractivity contribution in [3.05, 3.63) is 59.9 Å². The molecule has 0 saturated heterocycles. The molecule has 1 heterocycles. The lowest BCUT2D eigenvalue weighted by Crippen LogP contribution is -2.16. The molecule has 0 aliphatic rings. The molecule has 0 spiro atoms. The minimum Gasteiger partial charge on any atom is -0.494 e. The van der Waals surface area contributed by atoms with Crippen molar-refractivity contribution >= 4 is 27.4 Å². The Morgan fingerprint density at radius 3 is 2.38 bits per heavy atom. The van der Waals surface area contributed by atoms with Gasteiger partial charge in [-0.1, -0.05) is 37.1 Å². The first-order chi connectivity index (χ1) is 15.4. The number of halogens is 1. The third kappa shape index (κ3) is 6.09. The number of rotatable bonds is 11. The van der Waals surface area contributed by atoms with Crippen molar-refractivity contribution in [1.29, 1.82) is 0 Å². The molecule has 0 amide bonds. The zero-order valence-electron chi connectivity index (χ0n) is 17.5. The average Bonchev–Trinajstić information content (AvgIpc) is 2.79. The lowest BCUT2D eigenvalue weighted by molar-refractivity contribution is 0.197. The fraction of sp³-hybridized carbons (Fsp3) is 0.273. The molecule has 32 heavy (non-hydrogen) atoms. The Morgan fingerprint density at radius 2 is 1.72 bits per heavy atom. The summed E-state index contributed by atoms with van der Waals surface area (Å²) in [5, 5.41) is 9.63. The molecule has 1 aromatic heterocycles. The molecule has 3 aromatic rings. The lowest BCUT2D eigenvalue weighted by atomic mass is 10.1. The van der Waals surface area contributed by atoms with E-state index in [2.05, 4.69) is 21.6 Å². The minimum absolute atomic E-state index is 0.0106. The van der Waals surface area contributed by atoms with E-state index in [1.54, 1.807) is 36.4 Å². The Labute approximate surface area is 192 Å². The molecule has 0 radical (unpaired) electrons. The fourth-order valence-corrected chi connectivity index (χ4v) is 3.96. The molecule has 0 bridgehead atoms. The van der Waals surface area contributed by atoms with Gasteiger partial charge in [0.1, 0.15) is 18.7 Å². The van der Waals surface area contributed by atoms with Crippen molar-refractivity contribution in [2.45, 2.75) is 24.7 Å². The highest BCUT2D eigenvalue weighted by atomic mass is 35.5. The van der Waals surface area contributed by atoms with Gasteiger partial charge >= 0.3 is 0 Å². The van der Waals surface area contributed by atoms with Gasteiger partial charge in [-0.3, -0.25) is 4.72 Å². The summed E-state index contributed by atoms with van der Waals surface area (Å²) < 4.78 is 39.7. The summed E-state index contributed by atoms with van der Waals surface area (Å²) in [6.45, 7) is 2.40.